The monoisotopic (exact) mass is 369 g/mol. The van der Waals surface area contributed by atoms with E-state index in [0.29, 0.717) is 0 Å². The predicted octanol–water partition coefficient (Wildman–Crippen LogP) is 4.53. The predicted molar refractivity (Wildman–Crippen MR) is 76.5 cm³/mol. The summed E-state index contributed by atoms with van der Waals surface area (Å²) in [5.41, 5.74) is -6.04. The van der Waals surface area contributed by atoms with Crippen LogP contribution in [0.15, 0.2) is 42.5 Å². The van der Waals surface area contributed by atoms with Gasteiger partial charge in [0.25, 0.3) is 0 Å². The molecule has 0 fully saturated rings. The Hall–Kier alpha value is -2.00. The zero-order chi connectivity index (χ0) is 17.3. The van der Waals surface area contributed by atoms with E-state index in [0.717, 1.165) is 24.3 Å². The lowest BCUT2D eigenvalue weighted by Crippen LogP contribution is -2.30. The Morgan fingerprint density at radius 2 is 1.70 bits per heavy atom. The molecule has 0 aliphatic carbocycles. The minimum atomic E-state index is -5.66. The van der Waals surface area contributed by atoms with Gasteiger partial charge >= 0.3 is 15.5 Å². The smallest absolute Gasteiger partial charge is 0.452 e. The fourth-order valence-corrected chi connectivity index (χ4v) is 2.25. The van der Waals surface area contributed by atoms with Gasteiger partial charge in [0.1, 0.15) is 0 Å². The lowest BCUT2D eigenvalue weighted by molar-refractivity contribution is -0.0429. The van der Waals surface area contributed by atoms with Gasteiger partial charge in [-0.25, -0.2) is 4.39 Å². The van der Waals surface area contributed by atoms with Crippen LogP contribution in [0.5, 0.6) is 11.5 Å². The fourth-order valence-electron chi connectivity index (χ4n) is 1.51. The highest BCUT2D eigenvalue weighted by molar-refractivity contribution is 7.93. The zero-order valence-corrected chi connectivity index (χ0v) is 12.6. The molecule has 2 aromatic rings. The Morgan fingerprint density at radius 3 is 2.30 bits per heavy atom. The van der Waals surface area contributed by atoms with E-state index in [-0.39, 0.29) is 16.5 Å². The summed E-state index contributed by atoms with van der Waals surface area (Å²) >= 11 is 5.71. The number of halogens is 5. The Balaban J connectivity index is 2.41. The zero-order valence-electron chi connectivity index (χ0n) is 11.1. The van der Waals surface area contributed by atoms with E-state index in [1.165, 1.54) is 22.9 Å². The van der Waals surface area contributed by atoms with Gasteiger partial charge in [-0.3, -0.25) is 4.72 Å². The molecular formula is C13H8ClF4NO3S. The molecule has 0 saturated heterocycles. The van der Waals surface area contributed by atoms with Crippen LogP contribution in [0.4, 0.5) is 23.2 Å². The van der Waals surface area contributed by atoms with E-state index in [1.54, 1.807) is 0 Å². The molecule has 0 unspecified atom stereocenters. The van der Waals surface area contributed by atoms with Crippen LogP contribution in [0, 0.1) is 5.82 Å². The minimum Gasteiger partial charge on any atom is -0.452 e. The summed E-state index contributed by atoms with van der Waals surface area (Å²) < 4.78 is 79.7. The Bertz CT molecular complexity index is 824. The molecule has 0 aliphatic rings. The summed E-state index contributed by atoms with van der Waals surface area (Å²) in [7, 11) is -5.66. The van der Waals surface area contributed by atoms with Gasteiger partial charge < -0.3 is 4.74 Å². The third-order valence-electron chi connectivity index (χ3n) is 2.55. The van der Waals surface area contributed by atoms with Crippen LogP contribution in [-0.2, 0) is 10.0 Å². The Labute approximate surface area is 133 Å². The third kappa shape index (κ3) is 4.05. The van der Waals surface area contributed by atoms with E-state index < -0.39 is 27.0 Å². The molecule has 1 N–H and O–H groups in total. The van der Waals surface area contributed by atoms with Gasteiger partial charge in [0.05, 0.1) is 5.69 Å². The van der Waals surface area contributed by atoms with Crippen LogP contribution >= 0.6 is 11.6 Å². The van der Waals surface area contributed by atoms with Crippen molar-refractivity contribution in [3.8, 4) is 11.5 Å². The molecule has 23 heavy (non-hydrogen) atoms. The van der Waals surface area contributed by atoms with Gasteiger partial charge in [0, 0.05) is 11.1 Å². The van der Waals surface area contributed by atoms with E-state index >= 15 is 0 Å². The number of hydrogen-bond donors (Lipinski definition) is 1. The SMILES string of the molecule is O=S(=O)(Nc1ccc(Cl)cc1Oc1ccccc1F)C(F)(F)F. The summed E-state index contributed by atoms with van der Waals surface area (Å²) in [4.78, 5) is 0. The van der Waals surface area contributed by atoms with Crippen molar-refractivity contribution >= 4 is 27.3 Å². The van der Waals surface area contributed by atoms with Crippen LogP contribution < -0.4 is 9.46 Å². The van der Waals surface area contributed by atoms with Gasteiger partial charge in [-0.05, 0) is 24.3 Å². The molecule has 4 nitrogen and oxygen atoms in total. The van der Waals surface area contributed by atoms with Gasteiger partial charge in [-0.15, -0.1) is 0 Å². The van der Waals surface area contributed by atoms with Crippen molar-refractivity contribution in [2.75, 3.05) is 4.72 Å². The second-order valence-electron chi connectivity index (χ2n) is 4.22. The number of sulfonamides is 1. The highest BCUT2D eigenvalue weighted by Crippen LogP contribution is 2.35. The fraction of sp³-hybridized carbons (Fsp3) is 0.0769. The average Bonchev–Trinajstić information content (AvgIpc) is 2.43. The maximum atomic E-state index is 13.6. The molecule has 0 heterocycles. The van der Waals surface area contributed by atoms with Crippen molar-refractivity contribution in [1.82, 2.24) is 0 Å². The molecule has 0 amide bonds. The van der Waals surface area contributed by atoms with Gasteiger partial charge in [-0.1, -0.05) is 23.7 Å². The molecule has 0 atom stereocenters. The van der Waals surface area contributed by atoms with E-state index in [1.807, 2.05) is 0 Å². The van der Waals surface area contributed by atoms with Crippen molar-refractivity contribution < 1.29 is 30.7 Å². The first-order chi connectivity index (χ1) is 10.6. The van der Waals surface area contributed by atoms with Crippen LogP contribution in [0.2, 0.25) is 5.02 Å². The summed E-state index contributed by atoms with van der Waals surface area (Å²) in [5, 5.41) is 0.0614. The standard InChI is InChI=1S/C13H8ClF4NO3S/c14-8-5-6-10(19-23(20,21)13(16,17)18)12(7-8)22-11-4-2-1-3-9(11)15/h1-7,19H. The molecule has 0 aliphatic heterocycles. The first kappa shape index (κ1) is 17.4. The molecule has 10 heteroatoms. The molecule has 0 spiro atoms. The van der Waals surface area contributed by atoms with Crippen LogP contribution in [0.3, 0.4) is 0 Å². The number of benzene rings is 2. The highest BCUT2D eigenvalue weighted by Gasteiger charge is 2.46. The van der Waals surface area contributed by atoms with E-state index in [9.17, 15) is 26.0 Å². The third-order valence-corrected chi connectivity index (χ3v) is 3.88. The topological polar surface area (TPSA) is 55.4 Å². The minimum absolute atomic E-state index is 0.0614. The molecule has 0 aromatic heterocycles. The molecule has 2 rings (SSSR count). The number of anilines is 1. The molecule has 0 bridgehead atoms. The number of alkyl halides is 3. The number of para-hydroxylation sites is 1. The molecular weight excluding hydrogens is 362 g/mol. The normalized spacial score (nSPS) is 12.0. The van der Waals surface area contributed by atoms with Crippen LogP contribution in [0.25, 0.3) is 0 Å². The summed E-state index contributed by atoms with van der Waals surface area (Å²) in [6.07, 6.45) is 0. The summed E-state index contributed by atoms with van der Waals surface area (Å²) in [6, 6.07) is 8.29. The number of rotatable bonds is 4. The molecule has 124 valence electrons. The van der Waals surface area contributed by atoms with Crippen LogP contribution in [0.1, 0.15) is 0 Å². The molecule has 0 saturated carbocycles. The van der Waals surface area contributed by atoms with Gasteiger partial charge in [-0.2, -0.15) is 21.6 Å². The van der Waals surface area contributed by atoms with Crippen molar-refractivity contribution in [3.05, 3.63) is 53.3 Å². The van der Waals surface area contributed by atoms with Crippen molar-refractivity contribution in [2.24, 2.45) is 0 Å². The van der Waals surface area contributed by atoms with E-state index in [2.05, 4.69) is 0 Å². The summed E-state index contributed by atoms with van der Waals surface area (Å²) in [6.45, 7) is 0. The highest BCUT2D eigenvalue weighted by atomic mass is 35.5. The van der Waals surface area contributed by atoms with Gasteiger partial charge in [0.2, 0.25) is 0 Å². The quantitative estimate of drug-likeness (QED) is 0.805. The molecule has 2 aromatic carbocycles. The second-order valence-corrected chi connectivity index (χ2v) is 6.33. The Morgan fingerprint density at radius 1 is 1.04 bits per heavy atom. The number of hydrogen-bond acceptors (Lipinski definition) is 3. The second kappa shape index (κ2) is 6.25. The number of ether oxygens (including phenoxy) is 1. The maximum Gasteiger partial charge on any atom is 0.516 e. The van der Waals surface area contributed by atoms with Crippen molar-refractivity contribution in [2.45, 2.75) is 5.51 Å². The first-order valence-electron chi connectivity index (χ1n) is 5.91. The maximum absolute atomic E-state index is 13.6. The summed E-state index contributed by atoms with van der Waals surface area (Å²) in [5.74, 6) is -1.46. The largest absolute Gasteiger partial charge is 0.516 e. The lowest BCUT2D eigenvalue weighted by Gasteiger charge is -2.15. The van der Waals surface area contributed by atoms with E-state index in [4.69, 9.17) is 16.3 Å². The Kier molecular flexibility index (Phi) is 4.71. The van der Waals surface area contributed by atoms with Crippen molar-refractivity contribution in [3.63, 3.8) is 0 Å². The number of nitrogens with one attached hydrogen (secondary N) is 1. The average molecular weight is 370 g/mol. The van der Waals surface area contributed by atoms with Crippen molar-refractivity contribution in [1.29, 1.82) is 0 Å². The lowest BCUT2D eigenvalue weighted by atomic mass is 10.3. The first-order valence-corrected chi connectivity index (χ1v) is 7.77. The van der Waals surface area contributed by atoms with Crippen LogP contribution in [-0.4, -0.2) is 13.9 Å². The molecule has 0 radical (unpaired) electrons. The van der Waals surface area contributed by atoms with Gasteiger partial charge in [0.15, 0.2) is 17.3 Å².